The van der Waals surface area contributed by atoms with Crippen LogP contribution in [0.15, 0.2) is 30.6 Å². The first-order valence-corrected chi connectivity index (χ1v) is 6.20. The third kappa shape index (κ3) is 1.89. The minimum atomic E-state index is 0.763. The number of imidazole rings is 1. The van der Waals surface area contributed by atoms with E-state index in [-0.39, 0.29) is 0 Å². The van der Waals surface area contributed by atoms with Gasteiger partial charge < -0.3 is 10.2 Å². The molecule has 1 atom stereocenters. The summed E-state index contributed by atoms with van der Waals surface area (Å²) in [5, 5.41) is 3.27. The first kappa shape index (κ1) is 10.6. The molecule has 1 fully saturated rings. The van der Waals surface area contributed by atoms with E-state index in [2.05, 4.69) is 31.7 Å². The summed E-state index contributed by atoms with van der Waals surface area (Å²) in [6.07, 6.45) is 5.17. The molecule has 1 unspecified atom stereocenters. The third-order valence-electron chi connectivity index (χ3n) is 3.51. The van der Waals surface area contributed by atoms with Crippen molar-refractivity contribution in [3.05, 3.63) is 30.6 Å². The van der Waals surface area contributed by atoms with Gasteiger partial charge in [-0.3, -0.25) is 4.40 Å². The second kappa shape index (κ2) is 4.37. The Hall–Kier alpha value is -1.55. The lowest BCUT2D eigenvalue weighted by molar-refractivity contribution is 0.549. The lowest BCUT2D eigenvalue weighted by Gasteiger charge is -2.20. The summed E-state index contributed by atoms with van der Waals surface area (Å²) in [5.74, 6) is 2.03. The summed E-state index contributed by atoms with van der Waals surface area (Å²) < 4.78 is 2.17. The minimum Gasteiger partial charge on any atom is -0.357 e. The summed E-state index contributed by atoms with van der Waals surface area (Å²) in [7, 11) is 2.03. The van der Waals surface area contributed by atoms with Gasteiger partial charge in [0.1, 0.15) is 11.5 Å². The molecule has 0 spiro atoms. The van der Waals surface area contributed by atoms with Gasteiger partial charge in [0, 0.05) is 25.5 Å². The van der Waals surface area contributed by atoms with Crippen molar-refractivity contribution in [2.45, 2.75) is 6.42 Å². The lowest BCUT2D eigenvalue weighted by Crippen LogP contribution is -2.25. The van der Waals surface area contributed by atoms with Gasteiger partial charge in [0.15, 0.2) is 0 Å². The Labute approximate surface area is 101 Å². The molecule has 0 aliphatic carbocycles. The molecule has 1 N–H and O–H groups in total. The van der Waals surface area contributed by atoms with Gasteiger partial charge in [0.05, 0.1) is 0 Å². The van der Waals surface area contributed by atoms with Crippen LogP contribution >= 0.6 is 0 Å². The number of pyridine rings is 1. The third-order valence-corrected chi connectivity index (χ3v) is 3.51. The molecule has 4 heteroatoms. The predicted octanol–water partition coefficient (Wildman–Crippen LogP) is 1.38. The molecular formula is C13H18N4. The fraction of sp³-hybridized carbons (Fsp3) is 0.462. The standard InChI is InChI=1S/C13H18N4/c1-14-9-11-5-7-16(10-11)13-4-2-3-12-15-6-8-17(12)13/h2-4,6,8,11,14H,5,7,9-10H2,1H3. The largest absolute Gasteiger partial charge is 0.357 e. The molecule has 1 aliphatic heterocycles. The topological polar surface area (TPSA) is 32.6 Å². The van der Waals surface area contributed by atoms with Crippen molar-refractivity contribution in [3.63, 3.8) is 0 Å². The zero-order valence-electron chi connectivity index (χ0n) is 10.1. The Kier molecular flexibility index (Phi) is 2.73. The number of hydrogen-bond acceptors (Lipinski definition) is 3. The molecule has 90 valence electrons. The van der Waals surface area contributed by atoms with Crippen LogP contribution in [0.2, 0.25) is 0 Å². The van der Waals surface area contributed by atoms with E-state index in [9.17, 15) is 0 Å². The minimum absolute atomic E-state index is 0.763. The maximum Gasteiger partial charge on any atom is 0.138 e. The molecule has 3 heterocycles. The first-order valence-electron chi connectivity index (χ1n) is 6.20. The van der Waals surface area contributed by atoms with E-state index < -0.39 is 0 Å². The van der Waals surface area contributed by atoms with Crippen molar-refractivity contribution in [2.75, 3.05) is 31.6 Å². The van der Waals surface area contributed by atoms with E-state index in [0.29, 0.717) is 0 Å². The van der Waals surface area contributed by atoms with Crippen LogP contribution in [0.25, 0.3) is 5.65 Å². The molecule has 17 heavy (non-hydrogen) atoms. The molecule has 0 amide bonds. The molecule has 0 radical (unpaired) electrons. The van der Waals surface area contributed by atoms with Gasteiger partial charge in [-0.05, 0) is 38.1 Å². The van der Waals surface area contributed by atoms with Gasteiger partial charge >= 0.3 is 0 Å². The van der Waals surface area contributed by atoms with Gasteiger partial charge in [0.25, 0.3) is 0 Å². The van der Waals surface area contributed by atoms with Crippen LogP contribution < -0.4 is 10.2 Å². The van der Waals surface area contributed by atoms with Crippen molar-refractivity contribution in [1.29, 1.82) is 0 Å². The zero-order chi connectivity index (χ0) is 11.7. The first-order chi connectivity index (χ1) is 8.38. The second-order valence-corrected chi connectivity index (χ2v) is 4.70. The molecular weight excluding hydrogens is 212 g/mol. The Bertz CT molecular complexity index is 505. The molecule has 2 aromatic heterocycles. The molecule has 3 rings (SSSR count). The highest BCUT2D eigenvalue weighted by atomic mass is 15.2. The van der Waals surface area contributed by atoms with Crippen LogP contribution in [-0.4, -0.2) is 36.1 Å². The molecule has 2 aromatic rings. The van der Waals surface area contributed by atoms with Gasteiger partial charge in [-0.25, -0.2) is 4.98 Å². The summed E-state index contributed by atoms with van der Waals surface area (Å²) in [6, 6.07) is 6.31. The molecule has 0 saturated carbocycles. The zero-order valence-corrected chi connectivity index (χ0v) is 10.1. The summed E-state index contributed by atoms with van der Waals surface area (Å²) in [6.45, 7) is 3.39. The van der Waals surface area contributed by atoms with Crippen LogP contribution in [0.3, 0.4) is 0 Å². The SMILES string of the molecule is CNCC1CCN(c2cccc3nccn23)C1. The van der Waals surface area contributed by atoms with Crippen molar-refractivity contribution in [3.8, 4) is 0 Å². The highest BCUT2D eigenvalue weighted by molar-refractivity contribution is 5.52. The summed E-state index contributed by atoms with van der Waals surface area (Å²) in [4.78, 5) is 6.79. The maximum atomic E-state index is 4.33. The Morgan fingerprint density at radius 2 is 2.41 bits per heavy atom. The molecule has 4 nitrogen and oxygen atoms in total. The van der Waals surface area contributed by atoms with Crippen molar-refractivity contribution < 1.29 is 0 Å². The number of nitrogens with zero attached hydrogens (tertiary/aromatic N) is 3. The van der Waals surface area contributed by atoms with Crippen LogP contribution in [0.1, 0.15) is 6.42 Å². The Morgan fingerprint density at radius 1 is 1.47 bits per heavy atom. The number of nitrogens with one attached hydrogen (secondary N) is 1. The highest BCUT2D eigenvalue weighted by Crippen LogP contribution is 2.24. The second-order valence-electron chi connectivity index (χ2n) is 4.70. The number of aromatic nitrogens is 2. The average Bonchev–Trinajstić information content (AvgIpc) is 2.96. The van der Waals surface area contributed by atoms with Gasteiger partial charge in [0.2, 0.25) is 0 Å². The van der Waals surface area contributed by atoms with E-state index in [1.807, 2.05) is 25.5 Å². The van der Waals surface area contributed by atoms with Gasteiger partial charge in [-0.15, -0.1) is 0 Å². The van der Waals surface area contributed by atoms with Crippen LogP contribution in [-0.2, 0) is 0 Å². The summed E-state index contributed by atoms with van der Waals surface area (Å²) >= 11 is 0. The fourth-order valence-electron chi connectivity index (χ4n) is 2.69. The van der Waals surface area contributed by atoms with E-state index in [4.69, 9.17) is 0 Å². The Morgan fingerprint density at radius 3 is 3.29 bits per heavy atom. The van der Waals surface area contributed by atoms with Crippen LogP contribution in [0.4, 0.5) is 5.82 Å². The van der Waals surface area contributed by atoms with E-state index >= 15 is 0 Å². The highest BCUT2D eigenvalue weighted by Gasteiger charge is 2.23. The van der Waals surface area contributed by atoms with Crippen molar-refractivity contribution in [1.82, 2.24) is 14.7 Å². The summed E-state index contributed by atoms with van der Waals surface area (Å²) in [5.41, 5.74) is 1.03. The van der Waals surface area contributed by atoms with Crippen molar-refractivity contribution in [2.24, 2.45) is 5.92 Å². The van der Waals surface area contributed by atoms with E-state index in [1.54, 1.807) is 0 Å². The molecule has 1 saturated heterocycles. The number of rotatable bonds is 3. The normalized spacial score (nSPS) is 20.3. The number of fused-ring (bicyclic) bond motifs is 1. The number of hydrogen-bond donors (Lipinski definition) is 1. The maximum absolute atomic E-state index is 4.33. The lowest BCUT2D eigenvalue weighted by atomic mass is 10.1. The fourth-order valence-corrected chi connectivity index (χ4v) is 2.69. The van der Waals surface area contributed by atoms with E-state index in [1.165, 1.54) is 12.2 Å². The monoisotopic (exact) mass is 230 g/mol. The van der Waals surface area contributed by atoms with Crippen LogP contribution in [0, 0.1) is 5.92 Å². The molecule has 0 bridgehead atoms. The predicted molar refractivity (Wildman–Crippen MR) is 69.4 cm³/mol. The van der Waals surface area contributed by atoms with E-state index in [0.717, 1.165) is 31.2 Å². The quantitative estimate of drug-likeness (QED) is 0.864. The van der Waals surface area contributed by atoms with Gasteiger partial charge in [-0.2, -0.15) is 0 Å². The van der Waals surface area contributed by atoms with Crippen molar-refractivity contribution >= 4 is 11.5 Å². The number of anilines is 1. The van der Waals surface area contributed by atoms with Gasteiger partial charge in [-0.1, -0.05) is 6.07 Å². The smallest absolute Gasteiger partial charge is 0.138 e. The molecule has 0 aromatic carbocycles. The average molecular weight is 230 g/mol. The Balaban J connectivity index is 1.87. The molecule has 1 aliphatic rings. The van der Waals surface area contributed by atoms with Crippen LogP contribution in [0.5, 0.6) is 0 Å².